The fourth-order valence-corrected chi connectivity index (χ4v) is 3.63. The molecule has 1 unspecified atom stereocenters. The molecule has 6 nitrogen and oxygen atoms in total. The van der Waals surface area contributed by atoms with E-state index in [2.05, 4.69) is 14.2 Å². The smallest absolute Gasteiger partial charge is 0.376 e. The number of pyridine rings is 1. The Morgan fingerprint density at radius 2 is 1.81 bits per heavy atom. The van der Waals surface area contributed by atoms with Crippen molar-refractivity contribution in [1.82, 2.24) is 4.98 Å². The molecule has 1 aromatic heterocycles. The number of dihydropyridines is 1. The summed E-state index contributed by atoms with van der Waals surface area (Å²) in [5.41, 5.74) is -4.72. The minimum Gasteiger partial charge on any atom is -0.376 e. The minimum absolute atomic E-state index is 0.211. The molecule has 3 aromatic rings. The normalized spacial score (nSPS) is 16.4. The Kier molecular flexibility index (Phi) is 5.40. The van der Waals surface area contributed by atoms with Gasteiger partial charge in [-0.3, -0.25) is 4.99 Å². The highest BCUT2D eigenvalue weighted by Gasteiger charge is 2.48. The van der Waals surface area contributed by atoms with Crippen molar-refractivity contribution in [3.63, 3.8) is 0 Å². The molecule has 160 valence electrons. The Morgan fingerprint density at radius 1 is 1.03 bits per heavy atom. The van der Waals surface area contributed by atoms with Gasteiger partial charge in [-0.15, -0.1) is 0 Å². The summed E-state index contributed by atoms with van der Waals surface area (Å²) < 4.78 is 64.4. The molecule has 4 rings (SSSR count). The molecule has 0 amide bonds. The molecule has 0 bridgehead atoms. The van der Waals surface area contributed by atoms with Crippen molar-refractivity contribution >= 4 is 38.6 Å². The van der Waals surface area contributed by atoms with Crippen molar-refractivity contribution in [2.75, 3.05) is 4.90 Å². The van der Waals surface area contributed by atoms with Crippen LogP contribution >= 0.6 is 0 Å². The molecule has 0 radical (unpaired) electrons. The SMILES string of the molecule is O=S(=O)(Oc1ccc2cc(N(c3ccccn3)C3CC=CC=N3)ccc2c1)C(F)(F)F. The highest BCUT2D eigenvalue weighted by atomic mass is 32.2. The summed E-state index contributed by atoms with van der Waals surface area (Å²) >= 11 is 0. The maximum absolute atomic E-state index is 12.6. The number of aromatic nitrogens is 1. The van der Waals surface area contributed by atoms with Crippen LogP contribution in [0.2, 0.25) is 0 Å². The molecular weight excluding hydrogens is 431 g/mol. The number of hydrogen-bond acceptors (Lipinski definition) is 6. The number of halogens is 3. The Balaban J connectivity index is 1.70. The summed E-state index contributed by atoms with van der Waals surface area (Å²) in [6.07, 6.45) is 7.72. The van der Waals surface area contributed by atoms with Gasteiger partial charge in [0.1, 0.15) is 17.7 Å². The third-order valence-corrected chi connectivity index (χ3v) is 5.56. The van der Waals surface area contributed by atoms with E-state index in [1.54, 1.807) is 24.5 Å². The van der Waals surface area contributed by atoms with E-state index in [-0.39, 0.29) is 6.17 Å². The number of hydrogen-bond donors (Lipinski definition) is 0. The van der Waals surface area contributed by atoms with Crippen molar-refractivity contribution < 1.29 is 25.8 Å². The average Bonchev–Trinajstić information content (AvgIpc) is 2.74. The molecule has 0 fully saturated rings. The van der Waals surface area contributed by atoms with Crippen molar-refractivity contribution in [2.45, 2.75) is 18.1 Å². The highest BCUT2D eigenvalue weighted by molar-refractivity contribution is 7.88. The van der Waals surface area contributed by atoms with E-state index in [9.17, 15) is 21.6 Å². The van der Waals surface area contributed by atoms with Crippen LogP contribution in [0.15, 0.2) is 77.9 Å². The van der Waals surface area contributed by atoms with E-state index in [0.717, 1.165) is 5.69 Å². The molecule has 1 aliphatic heterocycles. The second-order valence-corrected chi connectivity index (χ2v) is 8.21. The van der Waals surface area contributed by atoms with Crippen LogP contribution in [0.1, 0.15) is 6.42 Å². The quantitative estimate of drug-likeness (QED) is 0.409. The van der Waals surface area contributed by atoms with E-state index in [0.29, 0.717) is 23.0 Å². The lowest BCUT2D eigenvalue weighted by molar-refractivity contribution is -0.0500. The van der Waals surface area contributed by atoms with Gasteiger partial charge in [0.15, 0.2) is 0 Å². The van der Waals surface area contributed by atoms with Gasteiger partial charge in [0.05, 0.1) is 0 Å². The third-order valence-electron chi connectivity index (χ3n) is 4.58. The first kappa shape index (κ1) is 20.9. The predicted molar refractivity (Wildman–Crippen MR) is 112 cm³/mol. The van der Waals surface area contributed by atoms with Gasteiger partial charge in [0.2, 0.25) is 0 Å². The zero-order chi connectivity index (χ0) is 22.1. The van der Waals surface area contributed by atoms with Crippen LogP contribution in [0, 0.1) is 0 Å². The van der Waals surface area contributed by atoms with Gasteiger partial charge in [0, 0.05) is 24.5 Å². The second-order valence-electron chi connectivity index (χ2n) is 6.68. The van der Waals surface area contributed by atoms with Crippen LogP contribution in [0.4, 0.5) is 24.7 Å². The summed E-state index contributed by atoms with van der Waals surface area (Å²) in [4.78, 5) is 10.9. The van der Waals surface area contributed by atoms with Crippen molar-refractivity contribution in [1.29, 1.82) is 0 Å². The number of benzene rings is 2. The third kappa shape index (κ3) is 4.38. The van der Waals surface area contributed by atoms with Crippen molar-refractivity contribution in [3.05, 3.63) is 72.9 Å². The standard InChI is InChI=1S/C21H16F3N3O3S/c22-21(23,24)31(28,29)30-18-10-8-15-13-17(9-7-16(15)14-18)27(19-5-1-3-11-25-19)20-6-2-4-12-26-20/h1-5,7-14,20H,6H2. The Bertz CT molecular complexity index is 1260. The zero-order valence-electron chi connectivity index (χ0n) is 15.9. The van der Waals surface area contributed by atoms with Crippen molar-refractivity contribution in [2.24, 2.45) is 4.99 Å². The molecule has 0 saturated carbocycles. The van der Waals surface area contributed by atoms with Gasteiger partial charge < -0.3 is 9.08 Å². The average molecular weight is 447 g/mol. The molecule has 0 saturated heterocycles. The van der Waals surface area contributed by atoms with Gasteiger partial charge in [-0.2, -0.15) is 21.6 Å². The van der Waals surface area contributed by atoms with Gasteiger partial charge in [-0.25, -0.2) is 4.98 Å². The highest BCUT2D eigenvalue weighted by Crippen LogP contribution is 2.33. The molecule has 1 atom stereocenters. The Morgan fingerprint density at radius 3 is 2.48 bits per heavy atom. The second kappa shape index (κ2) is 8.03. The molecule has 10 heteroatoms. The van der Waals surface area contributed by atoms with E-state index >= 15 is 0 Å². The lowest BCUT2D eigenvalue weighted by Crippen LogP contribution is -2.30. The molecule has 2 heterocycles. The van der Waals surface area contributed by atoms with Gasteiger partial charge >= 0.3 is 15.6 Å². The van der Waals surface area contributed by atoms with E-state index in [1.165, 1.54) is 18.2 Å². The summed E-state index contributed by atoms with van der Waals surface area (Å²) in [6, 6.07) is 14.7. The first-order chi connectivity index (χ1) is 14.7. The summed E-state index contributed by atoms with van der Waals surface area (Å²) in [5, 5.41) is 1.21. The molecule has 0 aliphatic carbocycles. The van der Waals surface area contributed by atoms with Crippen LogP contribution in [0.3, 0.4) is 0 Å². The molecular formula is C21H16F3N3O3S. The molecule has 2 aromatic carbocycles. The molecule has 31 heavy (non-hydrogen) atoms. The fourth-order valence-electron chi connectivity index (χ4n) is 3.18. The van der Waals surface area contributed by atoms with E-state index in [1.807, 2.05) is 41.3 Å². The number of rotatable bonds is 5. The maximum Gasteiger partial charge on any atom is 0.534 e. The van der Waals surface area contributed by atoms with Crippen LogP contribution < -0.4 is 9.08 Å². The topological polar surface area (TPSA) is 71.9 Å². The van der Waals surface area contributed by atoms with Crippen molar-refractivity contribution in [3.8, 4) is 5.75 Å². The minimum atomic E-state index is -5.73. The lowest BCUT2D eigenvalue weighted by Gasteiger charge is -2.30. The number of nitrogens with zero attached hydrogens (tertiary/aromatic N) is 3. The Labute approximate surface area is 176 Å². The first-order valence-corrected chi connectivity index (χ1v) is 10.6. The Hall–Kier alpha value is -3.40. The lowest BCUT2D eigenvalue weighted by atomic mass is 10.1. The van der Waals surface area contributed by atoms with Gasteiger partial charge in [0.25, 0.3) is 0 Å². The number of fused-ring (bicyclic) bond motifs is 1. The number of aliphatic imine (C=N–C) groups is 1. The summed E-state index contributed by atoms with van der Waals surface area (Å²) in [7, 11) is -5.73. The zero-order valence-corrected chi connectivity index (χ0v) is 16.7. The van der Waals surface area contributed by atoms with Gasteiger partial charge in [-0.05, 0) is 53.2 Å². The monoisotopic (exact) mass is 447 g/mol. The largest absolute Gasteiger partial charge is 0.534 e. The van der Waals surface area contributed by atoms with Crippen LogP contribution in [-0.4, -0.2) is 31.3 Å². The first-order valence-electron chi connectivity index (χ1n) is 9.18. The van der Waals surface area contributed by atoms with Crippen LogP contribution in [0.25, 0.3) is 10.8 Å². The van der Waals surface area contributed by atoms with E-state index in [4.69, 9.17) is 0 Å². The molecule has 1 aliphatic rings. The number of anilines is 2. The van der Waals surface area contributed by atoms with Crippen LogP contribution in [-0.2, 0) is 10.1 Å². The van der Waals surface area contributed by atoms with Crippen LogP contribution in [0.5, 0.6) is 5.75 Å². The molecule has 0 spiro atoms. The summed E-state index contributed by atoms with van der Waals surface area (Å²) in [6.45, 7) is 0. The summed E-state index contributed by atoms with van der Waals surface area (Å²) in [5.74, 6) is 0.275. The van der Waals surface area contributed by atoms with Gasteiger partial charge in [-0.1, -0.05) is 24.3 Å². The fraction of sp³-hybridized carbons (Fsp3) is 0.143. The number of allylic oxidation sites excluding steroid dienone is 1. The maximum atomic E-state index is 12.6. The predicted octanol–water partition coefficient (Wildman–Crippen LogP) is 4.96. The molecule has 0 N–H and O–H groups in total. The van der Waals surface area contributed by atoms with E-state index < -0.39 is 21.4 Å². The number of alkyl halides is 3.